The number of esters is 1. The summed E-state index contributed by atoms with van der Waals surface area (Å²) in [5.74, 6) is -0.508. The van der Waals surface area contributed by atoms with Gasteiger partial charge in [0.15, 0.2) is 0 Å². The van der Waals surface area contributed by atoms with Gasteiger partial charge in [-0.05, 0) is 6.92 Å². The van der Waals surface area contributed by atoms with Crippen LogP contribution in [0, 0.1) is 0 Å². The quantitative estimate of drug-likeness (QED) is 0.617. The number of hydrogen-bond donors (Lipinski definition) is 2. The van der Waals surface area contributed by atoms with E-state index in [1.165, 1.54) is 0 Å². The fourth-order valence-electron chi connectivity index (χ4n) is 1.68. The highest BCUT2D eigenvalue weighted by molar-refractivity contribution is 5.81. The van der Waals surface area contributed by atoms with Gasteiger partial charge in [-0.3, -0.25) is 9.59 Å². The van der Waals surface area contributed by atoms with E-state index in [-0.39, 0.29) is 32.0 Å². The fourth-order valence-corrected chi connectivity index (χ4v) is 1.68. The Bertz CT molecular complexity index is 342. The third-order valence-electron chi connectivity index (χ3n) is 2.69. The average molecular weight is 287 g/mol. The molecule has 0 aliphatic carbocycles. The highest BCUT2D eigenvalue weighted by Gasteiger charge is 2.16. The minimum absolute atomic E-state index is 0.0148. The van der Waals surface area contributed by atoms with Crippen molar-refractivity contribution in [2.45, 2.75) is 13.3 Å². The van der Waals surface area contributed by atoms with E-state index in [0.717, 1.165) is 0 Å². The van der Waals surface area contributed by atoms with Gasteiger partial charge in [-0.2, -0.15) is 0 Å². The molecule has 3 amide bonds. The second kappa shape index (κ2) is 9.13. The van der Waals surface area contributed by atoms with Crippen molar-refractivity contribution in [2.75, 3.05) is 46.0 Å². The molecule has 1 aliphatic heterocycles. The number of rotatable bonds is 6. The Morgan fingerprint density at radius 1 is 1.20 bits per heavy atom. The lowest BCUT2D eigenvalue weighted by molar-refractivity contribution is -0.141. The highest BCUT2D eigenvalue weighted by atomic mass is 16.5. The normalized spacial score (nSPS) is 14.6. The summed E-state index contributed by atoms with van der Waals surface area (Å²) < 4.78 is 9.81. The van der Waals surface area contributed by atoms with Gasteiger partial charge in [-0.15, -0.1) is 0 Å². The zero-order valence-electron chi connectivity index (χ0n) is 11.6. The van der Waals surface area contributed by atoms with Crippen molar-refractivity contribution < 1.29 is 23.9 Å². The van der Waals surface area contributed by atoms with Crippen molar-refractivity contribution >= 4 is 17.9 Å². The van der Waals surface area contributed by atoms with Gasteiger partial charge in [0.05, 0.1) is 19.8 Å². The van der Waals surface area contributed by atoms with E-state index in [0.29, 0.717) is 26.3 Å². The van der Waals surface area contributed by atoms with Gasteiger partial charge in [-0.25, -0.2) is 4.79 Å². The van der Waals surface area contributed by atoms with Crippen LogP contribution in [0.15, 0.2) is 0 Å². The zero-order valence-corrected chi connectivity index (χ0v) is 11.6. The molecule has 1 fully saturated rings. The molecule has 0 bridgehead atoms. The molecule has 1 heterocycles. The molecule has 8 heteroatoms. The zero-order chi connectivity index (χ0) is 14.8. The third kappa shape index (κ3) is 6.37. The molecule has 0 spiro atoms. The molecule has 0 radical (unpaired) electrons. The molecule has 1 rings (SSSR count). The van der Waals surface area contributed by atoms with Crippen molar-refractivity contribution in [3.63, 3.8) is 0 Å². The van der Waals surface area contributed by atoms with Crippen LogP contribution in [0.2, 0.25) is 0 Å². The molecule has 0 aromatic rings. The van der Waals surface area contributed by atoms with Crippen molar-refractivity contribution in [3.05, 3.63) is 0 Å². The number of carbonyl (C=O) groups is 3. The van der Waals surface area contributed by atoms with Crippen molar-refractivity contribution in [3.8, 4) is 0 Å². The molecule has 1 aliphatic rings. The number of carbonyl (C=O) groups excluding carboxylic acids is 3. The molecule has 20 heavy (non-hydrogen) atoms. The summed E-state index contributed by atoms with van der Waals surface area (Å²) in [6.45, 7) is 4.30. The number of ether oxygens (including phenoxy) is 2. The molecule has 1 saturated heterocycles. The molecule has 8 nitrogen and oxygen atoms in total. The molecule has 0 saturated carbocycles. The van der Waals surface area contributed by atoms with Gasteiger partial charge in [0.2, 0.25) is 5.91 Å². The Hall–Kier alpha value is -1.83. The largest absolute Gasteiger partial charge is 0.465 e. The van der Waals surface area contributed by atoms with Crippen LogP contribution in [0.1, 0.15) is 13.3 Å². The second-order valence-electron chi connectivity index (χ2n) is 4.16. The van der Waals surface area contributed by atoms with Crippen LogP contribution in [0.5, 0.6) is 0 Å². The Kier molecular flexibility index (Phi) is 7.41. The highest BCUT2D eigenvalue weighted by Crippen LogP contribution is 1.99. The lowest BCUT2D eigenvalue weighted by atomic mass is 10.3. The van der Waals surface area contributed by atoms with Crippen molar-refractivity contribution in [1.82, 2.24) is 15.5 Å². The minimum atomic E-state index is -0.493. The molecule has 114 valence electrons. The SMILES string of the molecule is CCOC(=O)CNC(=O)NCCC(=O)N1CCOCC1. The monoisotopic (exact) mass is 287 g/mol. The Balaban J connectivity index is 2.08. The lowest BCUT2D eigenvalue weighted by Crippen LogP contribution is -2.43. The summed E-state index contributed by atoms with van der Waals surface area (Å²) in [5.41, 5.74) is 0. The number of urea groups is 1. The second-order valence-corrected chi connectivity index (χ2v) is 4.16. The van der Waals surface area contributed by atoms with E-state index in [1.54, 1.807) is 11.8 Å². The topological polar surface area (TPSA) is 97.0 Å². The predicted octanol–water partition coefficient (Wildman–Crippen LogP) is -0.902. The minimum Gasteiger partial charge on any atom is -0.465 e. The van der Waals surface area contributed by atoms with Crippen LogP contribution in [-0.2, 0) is 19.1 Å². The first kappa shape index (κ1) is 16.2. The number of morpholine rings is 1. The number of nitrogens with one attached hydrogen (secondary N) is 2. The van der Waals surface area contributed by atoms with Crippen LogP contribution in [-0.4, -0.2) is 68.8 Å². The number of amides is 3. The summed E-state index contributed by atoms with van der Waals surface area (Å²) >= 11 is 0. The molecule has 0 atom stereocenters. The Morgan fingerprint density at radius 2 is 1.90 bits per heavy atom. The Labute approximate surface area is 117 Å². The molecule has 0 aromatic heterocycles. The van der Waals surface area contributed by atoms with E-state index in [2.05, 4.69) is 15.4 Å². The fraction of sp³-hybridized carbons (Fsp3) is 0.750. The van der Waals surface area contributed by atoms with E-state index >= 15 is 0 Å². The van der Waals surface area contributed by atoms with Crippen LogP contribution in [0.3, 0.4) is 0 Å². The smallest absolute Gasteiger partial charge is 0.325 e. The summed E-state index contributed by atoms with van der Waals surface area (Å²) in [4.78, 5) is 35.8. The first-order valence-corrected chi connectivity index (χ1v) is 6.66. The Morgan fingerprint density at radius 3 is 2.55 bits per heavy atom. The van der Waals surface area contributed by atoms with Crippen LogP contribution in [0.25, 0.3) is 0 Å². The number of nitrogens with zero attached hydrogens (tertiary/aromatic N) is 1. The predicted molar refractivity (Wildman–Crippen MR) is 70.1 cm³/mol. The molecule has 0 aromatic carbocycles. The summed E-state index contributed by atoms with van der Waals surface area (Å²) in [5, 5.41) is 4.86. The van der Waals surface area contributed by atoms with Gasteiger partial charge < -0.3 is 25.0 Å². The van der Waals surface area contributed by atoms with E-state index < -0.39 is 12.0 Å². The first-order valence-electron chi connectivity index (χ1n) is 6.66. The van der Waals surface area contributed by atoms with Gasteiger partial charge >= 0.3 is 12.0 Å². The molecule has 2 N–H and O–H groups in total. The summed E-state index contributed by atoms with van der Waals surface area (Å²) in [7, 11) is 0. The maximum Gasteiger partial charge on any atom is 0.325 e. The standard InChI is InChI=1S/C12H21N3O5/c1-2-20-11(17)9-14-12(18)13-4-3-10(16)15-5-7-19-8-6-15/h2-9H2,1H3,(H2,13,14,18). The average Bonchev–Trinajstić information content (AvgIpc) is 2.46. The van der Waals surface area contributed by atoms with Crippen LogP contribution >= 0.6 is 0 Å². The summed E-state index contributed by atoms with van der Waals surface area (Å²) in [6, 6.07) is -0.493. The van der Waals surface area contributed by atoms with Gasteiger partial charge in [0.25, 0.3) is 0 Å². The van der Waals surface area contributed by atoms with Gasteiger partial charge in [0.1, 0.15) is 6.54 Å². The maximum atomic E-state index is 11.8. The van der Waals surface area contributed by atoms with E-state index in [9.17, 15) is 14.4 Å². The molecular formula is C12H21N3O5. The van der Waals surface area contributed by atoms with E-state index in [4.69, 9.17) is 4.74 Å². The number of hydrogen-bond acceptors (Lipinski definition) is 5. The maximum absolute atomic E-state index is 11.8. The van der Waals surface area contributed by atoms with Crippen molar-refractivity contribution in [2.24, 2.45) is 0 Å². The first-order chi connectivity index (χ1) is 9.63. The molecule has 0 unspecified atom stereocenters. The molecular weight excluding hydrogens is 266 g/mol. The summed E-state index contributed by atoms with van der Waals surface area (Å²) in [6.07, 6.45) is 0.229. The van der Waals surface area contributed by atoms with Crippen LogP contribution < -0.4 is 10.6 Å². The van der Waals surface area contributed by atoms with E-state index in [1.807, 2.05) is 0 Å². The van der Waals surface area contributed by atoms with Crippen LogP contribution in [0.4, 0.5) is 4.79 Å². The van der Waals surface area contributed by atoms with Gasteiger partial charge in [0, 0.05) is 26.1 Å². The third-order valence-corrected chi connectivity index (χ3v) is 2.69. The lowest BCUT2D eigenvalue weighted by Gasteiger charge is -2.26. The van der Waals surface area contributed by atoms with Crippen molar-refractivity contribution in [1.29, 1.82) is 0 Å². The van der Waals surface area contributed by atoms with Gasteiger partial charge in [-0.1, -0.05) is 0 Å².